The fourth-order valence-electron chi connectivity index (χ4n) is 1.75. The Kier molecular flexibility index (Phi) is 3.00. The second kappa shape index (κ2) is 4.34. The molecule has 0 saturated heterocycles. The van der Waals surface area contributed by atoms with Gasteiger partial charge in [0, 0.05) is 6.54 Å². The molecule has 0 atom stereocenters. The zero-order valence-electron chi connectivity index (χ0n) is 9.85. The number of hydrogen-bond donors (Lipinski definition) is 3. The normalized spacial score (nSPS) is 10.8. The molecule has 0 unspecified atom stereocenters. The van der Waals surface area contributed by atoms with E-state index < -0.39 is 17.0 Å². The molecule has 0 aliphatic carbocycles. The van der Waals surface area contributed by atoms with E-state index in [4.69, 9.17) is 0 Å². The predicted octanol–water partition coefficient (Wildman–Crippen LogP) is 1.06. The summed E-state index contributed by atoms with van der Waals surface area (Å²) in [7, 11) is 0. The van der Waals surface area contributed by atoms with Crippen LogP contribution in [0.5, 0.6) is 5.75 Å². The number of rotatable bonds is 2. The van der Waals surface area contributed by atoms with Gasteiger partial charge in [-0.15, -0.1) is 16.1 Å². The molecule has 0 radical (unpaired) electrons. The van der Waals surface area contributed by atoms with Crippen molar-refractivity contribution in [3.05, 3.63) is 26.9 Å². The molecule has 18 heavy (non-hydrogen) atoms. The summed E-state index contributed by atoms with van der Waals surface area (Å²) in [6.45, 7) is 3.72. The van der Waals surface area contributed by atoms with Crippen LogP contribution in [0.3, 0.4) is 0 Å². The highest BCUT2D eigenvalue weighted by Crippen LogP contribution is 2.33. The Bertz CT molecular complexity index is 686. The molecule has 7 heteroatoms. The van der Waals surface area contributed by atoms with E-state index in [2.05, 4.69) is 5.32 Å². The number of fused-ring (bicyclic) bond motifs is 1. The highest BCUT2D eigenvalue weighted by atomic mass is 32.1. The second-order valence-corrected chi connectivity index (χ2v) is 4.68. The molecule has 2 aromatic rings. The standard InChI is InChI=1S/C11H12N2O4S/c1-3-12-10(15)6-8(14)9-7(5(2)4-18-9)13(17)11(6)16/h4,14,17H,3H2,1-2H3,(H,12,15). The van der Waals surface area contributed by atoms with E-state index >= 15 is 0 Å². The first-order valence-corrected chi connectivity index (χ1v) is 6.20. The van der Waals surface area contributed by atoms with E-state index in [0.717, 1.165) is 11.3 Å². The predicted molar refractivity (Wildman–Crippen MR) is 67.7 cm³/mol. The molecule has 2 rings (SSSR count). The van der Waals surface area contributed by atoms with Crippen LogP contribution < -0.4 is 10.9 Å². The summed E-state index contributed by atoms with van der Waals surface area (Å²) in [4.78, 5) is 23.6. The lowest BCUT2D eigenvalue weighted by Gasteiger charge is -2.08. The first kappa shape index (κ1) is 12.4. The van der Waals surface area contributed by atoms with Gasteiger partial charge in [-0.3, -0.25) is 9.59 Å². The van der Waals surface area contributed by atoms with E-state index in [1.807, 2.05) is 0 Å². The van der Waals surface area contributed by atoms with E-state index in [-0.39, 0.29) is 11.3 Å². The van der Waals surface area contributed by atoms with Gasteiger partial charge in [0.1, 0.15) is 5.52 Å². The second-order valence-electron chi connectivity index (χ2n) is 3.80. The molecule has 6 nitrogen and oxygen atoms in total. The van der Waals surface area contributed by atoms with E-state index in [0.29, 0.717) is 21.5 Å². The van der Waals surface area contributed by atoms with Gasteiger partial charge in [-0.25, -0.2) is 0 Å². The first-order valence-electron chi connectivity index (χ1n) is 5.32. The van der Waals surface area contributed by atoms with Gasteiger partial charge in [-0.05, 0) is 24.8 Å². The summed E-state index contributed by atoms with van der Waals surface area (Å²) in [5.74, 6) is -1.08. The lowest BCUT2D eigenvalue weighted by atomic mass is 10.2. The van der Waals surface area contributed by atoms with Gasteiger partial charge >= 0.3 is 0 Å². The number of thiophene rings is 1. The summed E-state index contributed by atoms with van der Waals surface area (Å²) in [6.07, 6.45) is 0. The fourth-order valence-corrected chi connectivity index (χ4v) is 2.72. The van der Waals surface area contributed by atoms with Crippen LogP contribution in [0, 0.1) is 6.92 Å². The maximum Gasteiger partial charge on any atom is 0.300 e. The van der Waals surface area contributed by atoms with Crippen LogP contribution in [0.4, 0.5) is 0 Å². The SMILES string of the molecule is CCNC(=O)c1c(O)c2scc(C)c2n(O)c1=O. The topological polar surface area (TPSA) is 91.6 Å². The van der Waals surface area contributed by atoms with Crippen molar-refractivity contribution in [2.24, 2.45) is 0 Å². The number of aromatic hydroxyl groups is 1. The molecule has 2 aromatic heterocycles. The molecule has 3 N–H and O–H groups in total. The monoisotopic (exact) mass is 268 g/mol. The van der Waals surface area contributed by atoms with Crippen LogP contribution in [0.2, 0.25) is 0 Å². The number of pyridine rings is 1. The third-order valence-electron chi connectivity index (χ3n) is 2.58. The Balaban J connectivity index is 2.84. The molecule has 0 saturated carbocycles. The molecule has 1 amide bonds. The zero-order valence-corrected chi connectivity index (χ0v) is 10.7. The van der Waals surface area contributed by atoms with Crippen molar-refractivity contribution in [1.29, 1.82) is 0 Å². The average Bonchev–Trinajstić information content (AvgIpc) is 2.69. The van der Waals surface area contributed by atoms with Gasteiger partial charge in [0.05, 0.1) is 4.70 Å². The van der Waals surface area contributed by atoms with Gasteiger partial charge in [0.2, 0.25) is 0 Å². The van der Waals surface area contributed by atoms with Crippen molar-refractivity contribution >= 4 is 27.5 Å². The number of carbonyl (C=O) groups excluding carboxylic acids is 1. The van der Waals surface area contributed by atoms with Gasteiger partial charge < -0.3 is 15.6 Å². The number of amides is 1. The maximum atomic E-state index is 11.9. The van der Waals surface area contributed by atoms with Crippen LogP contribution >= 0.6 is 11.3 Å². The average molecular weight is 268 g/mol. The lowest BCUT2D eigenvalue weighted by Crippen LogP contribution is -2.32. The van der Waals surface area contributed by atoms with Crippen molar-refractivity contribution in [1.82, 2.24) is 10.0 Å². The van der Waals surface area contributed by atoms with Crippen LogP contribution in [-0.4, -0.2) is 27.5 Å². The van der Waals surface area contributed by atoms with Crippen LogP contribution in [0.15, 0.2) is 10.2 Å². The van der Waals surface area contributed by atoms with Crippen LogP contribution in [0.25, 0.3) is 10.2 Å². The third-order valence-corrected chi connectivity index (χ3v) is 3.67. The minimum atomic E-state index is -0.924. The molecule has 0 bridgehead atoms. The molecule has 0 aromatic carbocycles. The third kappa shape index (κ3) is 1.63. The summed E-state index contributed by atoms with van der Waals surface area (Å²) in [5.41, 5.74) is -0.468. The molecule has 0 fully saturated rings. The van der Waals surface area contributed by atoms with E-state index in [1.54, 1.807) is 19.2 Å². The van der Waals surface area contributed by atoms with Crippen molar-refractivity contribution < 1.29 is 15.1 Å². The summed E-state index contributed by atoms with van der Waals surface area (Å²) in [5, 5.41) is 23.9. The molecule has 2 heterocycles. The Morgan fingerprint density at radius 3 is 2.83 bits per heavy atom. The van der Waals surface area contributed by atoms with Crippen LogP contribution in [0.1, 0.15) is 22.8 Å². The summed E-state index contributed by atoms with van der Waals surface area (Å²) in [6, 6.07) is 0. The quantitative estimate of drug-likeness (QED) is 0.710. The number of aromatic nitrogens is 1. The lowest BCUT2D eigenvalue weighted by molar-refractivity contribution is 0.0945. The summed E-state index contributed by atoms with van der Waals surface area (Å²) >= 11 is 1.16. The largest absolute Gasteiger partial charge is 0.505 e. The fraction of sp³-hybridized carbons (Fsp3) is 0.273. The van der Waals surface area contributed by atoms with E-state index in [1.165, 1.54) is 0 Å². The Morgan fingerprint density at radius 1 is 1.56 bits per heavy atom. The van der Waals surface area contributed by atoms with Crippen molar-refractivity contribution in [3.8, 4) is 5.75 Å². The summed E-state index contributed by atoms with van der Waals surface area (Å²) < 4.78 is 0.724. The van der Waals surface area contributed by atoms with Gasteiger partial charge in [-0.2, -0.15) is 0 Å². The van der Waals surface area contributed by atoms with Crippen molar-refractivity contribution in [3.63, 3.8) is 0 Å². The van der Waals surface area contributed by atoms with Crippen molar-refractivity contribution in [2.45, 2.75) is 13.8 Å². The Labute approximate surface area is 106 Å². The Hall–Kier alpha value is -2.02. The number of hydrogen-bond acceptors (Lipinski definition) is 5. The molecular formula is C11H12N2O4S. The minimum absolute atomic E-state index is 0.232. The van der Waals surface area contributed by atoms with E-state index in [9.17, 15) is 19.9 Å². The van der Waals surface area contributed by atoms with Crippen molar-refractivity contribution in [2.75, 3.05) is 6.54 Å². The van der Waals surface area contributed by atoms with Gasteiger partial charge in [0.15, 0.2) is 11.3 Å². The number of carbonyl (C=O) groups is 1. The molecule has 0 spiro atoms. The number of aryl methyl sites for hydroxylation is 1. The Morgan fingerprint density at radius 2 is 2.22 bits per heavy atom. The molecule has 0 aliphatic rings. The maximum absolute atomic E-state index is 11.9. The van der Waals surface area contributed by atoms with Crippen LogP contribution in [-0.2, 0) is 0 Å². The minimum Gasteiger partial charge on any atom is -0.505 e. The molecular weight excluding hydrogens is 256 g/mol. The van der Waals surface area contributed by atoms with Gasteiger partial charge in [0.25, 0.3) is 11.5 Å². The highest BCUT2D eigenvalue weighted by Gasteiger charge is 2.23. The molecule has 0 aliphatic heterocycles. The zero-order chi connectivity index (χ0) is 13.4. The number of nitrogens with one attached hydrogen (secondary N) is 1. The smallest absolute Gasteiger partial charge is 0.300 e. The van der Waals surface area contributed by atoms with Gasteiger partial charge in [-0.1, -0.05) is 0 Å². The first-order chi connectivity index (χ1) is 8.49. The molecule has 96 valence electrons. The number of nitrogens with zero attached hydrogens (tertiary/aromatic N) is 1. The highest BCUT2D eigenvalue weighted by molar-refractivity contribution is 7.17.